The molecule has 5 nitrogen and oxygen atoms in total. The predicted molar refractivity (Wildman–Crippen MR) is 79.7 cm³/mol. The predicted octanol–water partition coefficient (Wildman–Crippen LogP) is 3.68. The van der Waals surface area contributed by atoms with Gasteiger partial charge in [-0.3, -0.25) is 14.9 Å². The number of benzene rings is 2. The van der Waals surface area contributed by atoms with E-state index in [1.54, 1.807) is 31.2 Å². The number of aliphatic carboxylic acids is 1. The van der Waals surface area contributed by atoms with Gasteiger partial charge in [-0.05, 0) is 30.7 Å². The van der Waals surface area contributed by atoms with E-state index < -0.39 is 10.9 Å². The second-order valence-electron chi connectivity index (χ2n) is 4.52. The Hall–Kier alpha value is -2.34. The van der Waals surface area contributed by atoms with Crippen LogP contribution in [-0.4, -0.2) is 16.0 Å². The Labute approximate surface area is 125 Å². The van der Waals surface area contributed by atoms with Crippen LogP contribution in [0.15, 0.2) is 52.3 Å². The molecule has 0 fully saturated rings. The summed E-state index contributed by atoms with van der Waals surface area (Å²) in [5, 5.41) is 19.6. The molecule has 0 aliphatic carbocycles. The summed E-state index contributed by atoms with van der Waals surface area (Å²) in [6.07, 6.45) is -0.0129. The summed E-state index contributed by atoms with van der Waals surface area (Å²) in [6, 6.07) is 12.2. The molecular weight excluding hydrogens is 290 g/mol. The number of nitro benzene ring substituents is 1. The topological polar surface area (TPSA) is 80.4 Å². The van der Waals surface area contributed by atoms with E-state index in [9.17, 15) is 14.9 Å². The zero-order valence-corrected chi connectivity index (χ0v) is 12.1. The largest absolute Gasteiger partial charge is 0.481 e. The van der Waals surface area contributed by atoms with Crippen LogP contribution in [0.3, 0.4) is 0 Å². The van der Waals surface area contributed by atoms with Crippen LogP contribution in [0.4, 0.5) is 5.69 Å². The highest BCUT2D eigenvalue weighted by Crippen LogP contribution is 2.31. The zero-order chi connectivity index (χ0) is 15.4. The molecule has 0 heterocycles. The molecule has 2 aromatic carbocycles. The molecule has 6 heteroatoms. The van der Waals surface area contributed by atoms with E-state index in [1.807, 2.05) is 18.2 Å². The maximum atomic E-state index is 10.9. The number of hydrogen-bond donors (Lipinski definition) is 1. The van der Waals surface area contributed by atoms with Crippen molar-refractivity contribution in [1.29, 1.82) is 0 Å². The molecule has 0 atom stereocenters. The fourth-order valence-electron chi connectivity index (χ4n) is 1.84. The quantitative estimate of drug-likeness (QED) is 0.673. The Balaban J connectivity index is 2.16. The summed E-state index contributed by atoms with van der Waals surface area (Å²) < 4.78 is 0. The lowest BCUT2D eigenvalue weighted by Gasteiger charge is -2.04. The lowest BCUT2D eigenvalue weighted by atomic mass is 10.2. The Morgan fingerprint density at radius 2 is 1.81 bits per heavy atom. The Morgan fingerprint density at radius 3 is 2.38 bits per heavy atom. The maximum absolute atomic E-state index is 10.9. The summed E-state index contributed by atoms with van der Waals surface area (Å²) in [5.74, 6) is -0.871. The fraction of sp³-hybridized carbons (Fsp3) is 0.133. The first-order valence-electron chi connectivity index (χ1n) is 6.19. The second-order valence-corrected chi connectivity index (χ2v) is 5.67. The van der Waals surface area contributed by atoms with Crippen LogP contribution in [0.5, 0.6) is 0 Å². The van der Waals surface area contributed by atoms with E-state index >= 15 is 0 Å². The van der Waals surface area contributed by atoms with Crippen molar-refractivity contribution >= 4 is 23.4 Å². The summed E-state index contributed by atoms with van der Waals surface area (Å²) in [5.41, 5.74) is 1.45. The monoisotopic (exact) mass is 303 g/mol. The van der Waals surface area contributed by atoms with Crippen LogP contribution in [0.1, 0.15) is 11.1 Å². The first-order chi connectivity index (χ1) is 9.95. The highest BCUT2D eigenvalue weighted by molar-refractivity contribution is 7.99. The zero-order valence-electron chi connectivity index (χ0n) is 11.3. The highest BCUT2D eigenvalue weighted by atomic mass is 32.2. The standard InChI is InChI=1S/C15H13NO4S/c1-10-2-5-13(9-14(10)16(19)20)21-12-6-3-11(4-7-12)8-15(17)18/h2-7,9H,8H2,1H3,(H,17,18). The van der Waals surface area contributed by atoms with Crippen molar-refractivity contribution in [1.82, 2.24) is 0 Å². The first-order valence-corrected chi connectivity index (χ1v) is 7.01. The number of aryl methyl sites for hydroxylation is 1. The van der Waals surface area contributed by atoms with E-state index in [-0.39, 0.29) is 12.1 Å². The molecule has 0 saturated heterocycles. The van der Waals surface area contributed by atoms with E-state index in [0.29, 0.717) is 5.56 Å². The summed E-state index contributed by atoms with van der Waals surface area (Å²) in [7, 11) is 0. The normalized spacial score (nSPS) is 10.3. The number of nitrogens with zero attached hydrogens (tertiary/aromatic N) is 1. The average Bonchev–Trinajstić information content (AvgIpc) is 2.42. The first kappa shape index (κ1) is 15.1. The van der Waals surface area contributed by atoms with Gasteiger partial charge in [-0.25, -0.2) is 0 Å². The molecule has 108 valence electrons. The van der Waals surface area contributed by atoms with Gasteiger partial charge in [-0.2, -0.15) is 0 Å². The number of carbonyl (C=O) groups is 1. The Morgan fingerprint density at radius 1 is 1.19 bits per heavy atom. The molecule has 2 aromatic rings. The number of carboxylic acid groups (broad SMARTS) is 1. The van der Waals surface area contributed by atoms with E-state index in [2.05, 4.69) is 0 Å². The van der Waals surface area contributed by atoms with E-state index in [4.69, 9.17) is 5.11 Å². The molecule has 0 aliphatic heterocycles. The van der Waals surface area contributed by atoms with Gasteiger partial charge in [0.1, 0.15) is 0 Å². The lowest BCUT2D eigenvalue weighted by Crippen LogP contribution is -1.99. The third-order valence-corrected chi connectivity index (χ3v) is 3.89. The molecule has 2 rings (SSSR count). The minimum Gasteiger partial charge on any atom is -0.481 e. The molecule has 0 aliphatic rings. The van der Waals surface area contributed by atoms with Crippen LogP contribution in [-0.2, 0) is 11.2 Å². The summed E-state index contributed by atoms with van der Waals surface area (Å²) in [4.78, 5) is 22.8. The molecule has 0 aromatic heterocycles. The maximum Gasteiger partial charge on any atom is 0.307 e. The van der Waals surface area contributed by atoms with Crippen molar-refractivity contribution in [2.24, 2.45) is 0 Å². The van der Waals surface area contributed by atoms with Crippen molar-refractivity contribution in [2.45, 2.75) is 23.1 Å². The van der Waals surface area contributed by atoms with Gasteiger partial charge in [-0.15, -0.1) is 0 Å². The van der Waals surface area contributed by atoms with Gasteiger partial charge in [0.05, 0.1) is 11.3 Å². The lowest BCUT2D eigenvalue weighted by molar-refractivity contribution is -0.385. The average molecular weight is 303 g/mol. The minimum absolute atomic E-state index is 0.0129. The van der Waals surface area contributed by atoms with Gasteiger partial charge >= 0.3 is 5.97 Å². The van der Waals surface area contributed by atoms with Crippen LogP contribution < -0.4 is 0 Å². The minimum atomic E-state index is -0.871. The Bertz CT molecular complexity index is 683. The molecule has 0 amide bonds. The van der Waals surface area contributed by atoms with Gasteiger partial charge in [0.15, 0.2) is 0 Å². The van der Waals surface area contributed by atoms with Crippen LogP contribution in [0.2, 0.25) is 0 Å². The molecule has 0 unspecified atom stereocenters. The molecule has 0 bridgehead atoms. The number of rotatable bonds is 5. The van der Waals surface area contributed by atoms with Gasteiger partial charge in [0, 0.05) is 21.4 Å². The van der Waals surface area contributed by atoms with Gasteiger partial charge in [-0.1, -0.05) is 30.0 Å². The SMILES string of the molecule is Cc1ccc(Sc2ccc(CC(=O)O)cc2)cc1[N+](=O)[O-]. The van der Waals surface area contributed by atoms with Gasteiger partial charge < -0.3 is 5.11 Å². The molecule has 1 N–H and O–H groups in total. The molecule has 0 radical (unpaired) electrons. The smallest absolute Gasteiger partial charge is 0.307 e. The van der Waals surface area contributed by atoms with Crippen molar-refractivity contribution in [3.8, 4) is 0 Å². The van der Waals surface area contributed by atoms with E-state index in [1.165, 1.54) is 11.8 Å². The fourth-order valence-corrected chi connectivity index (χ4v) is 2.69. The number of nitro groups is 1. The van der Waals surface area contributed by atoms with Crippen LogP contribution >= 0.6 is 11.8 Å². The number of hydrogen-bond acceptors (Lipinski definition) is 4. The summed E-state index contributed by atoms with van der Waals surface area (Å²) >= 11 is 1.40. The Kier molecular flexibility index (Phi) is 4.59. The van der Waals surface area contributed by atoms with E-state index in [0.717, 1.165) is 15.4 Å². The van der Waals surface area contributed by atoms with Gasteiger partial charge in [0.25, 0.3) is 5.69 Å². The van der Waals surface area contributed by atoms with Crippen molar-refractivity contribution in [2.75, 3.05) is 0 Å². The molecule has 21 heavy (non-hydrogen) atoms. The third kappa shape index (κ3) is 4.06. The van der Waals surface area contributed by atoms with Crippen molar-refractivity contribution < 1.29 is 14.8 Å². The highest BCUT2D eigenvalue weighted by Gasteiger charge is 2.11. The molecular formula is C15H13NO4S. The molecule has 0 spiro atoms. The molecule has 0 saturated carbocycles. The van der Waals surface area contributed by atoms with Crippen LogP contribution in [0.25, 0.3) is 0 Å². The third-order valence-electron chi connectivity index (χ3n) is 2.89. The second kappa shape index (κ2) is 6.41. The summed E-state index contributed by atoms with van der Waals surface area (Å²) in [6.45, 7) is 1.70. The van der Waals surface area contributed by atoms with Crippen molar-refractivity contribution in [3.63, 3.8) is 0 Å². The van der Waals surface area contributed by atoms with Crippen molar-refractivity contribution in [3.05, 3.63) is 63.7 Å². The van der Waals surface area contributed by atoms with Crippen LogP contribution in [0, 0.1) is 17.0 Å². The number of carboxylic acids is 1. The van der Waals surface area contributed by atoms with Gasteiger partial charge in [0.2, 0.25) is 0 Å².